The van der Waals surface area contributed by atoms with Gasteiger partial charge in [-0.3, -0.25) is 0 Å². The summed E-state index contributed by atoms with van der Waals surface area (Å²) in [4.78, 5) is 0. The van der Waals surface area contributed by atoms with Gasteiger partial charge in [-0.15, -0.1) is 0 Å². The summed E-state index contributed by atoms with van der Waals surface area (Å²) >= 11 is 0. The third kappa shape index (κ3) is 0.923. The minimum atomic E-state index is -0.222. The number of benzene rings is 1. The monoisotopic (exact) mass is 175 g/mol. The molecule has 0 aromatic heterocycles. The van der Waals surface area contributed by atoms with Crippen molar-refractivity contribution in [2.75, 3.05) is 11.9 Å². The quantitative estimate of drug-likeness (QED) is 0.632. The van der Waals surface area contributed by atoms with Gasteiger partial charge in [0.2, 0.25) is 0 Å². The van der Waals surface area contributed by atoms with E-state index in [9.17, 15) is 5.11 Å². The summed E-state index contributed by atoms with van der Waals surface area (Å²) < 4.78 is 0. The molecular weight excluding hydrogens is 162 g/mol. The van der Waals surface area contributed by atoms with E-state index in [-0.39, 0.29) is 6.10 Å². The van der Waals surface area contributed by atoms with Gasteiger partial charge < -0.3 is 10.4 Å². The molecule has 0 bridgehead atoms. The molecule has 0 unspecified atom stereocenters. The van der Waals surface area contributed by atoms with Crippen LogP contribution in [-0.2, 0) is 0 Å². The Kier molecular flexibility index (Phi) is 1.41. The molecule has 2 N–H and O–H groups in total. The van der Waals surface area contributed by atoms with E-state index < -0.39 is 0 Å². The standard InChI is InChI=1S/C11H13NO/c13-10-6-7-4-5-12-9-3-1-2-8(10)11(7)9/h1-3,7,10,12-13H,4-6H2/t7-,10+/m0/s1. The first-order chi connectivity index (χ1) is 6.36. The van der Waals surface area contributed by atoms with Crippen LogP contribution >= 0.6 is 0 Å². The zero-order valence-corrected chi connectivity index (χ0v) is 7.46. The summed E-state index contributed by atoms with van der Waals surface area (Å²) in [6.45, 7) is 1.05. The fourth-order valence-corrected chi connectivity index (χ4v) is 2.64. The Labute approximate surface area is 77.6 Å². The maximum absolute atomic E-state index is 9.81. The Morgan fingerprint density at radius 2 is 2.31 bits per heavy atom. The molecule has 1 aliphatic carbocycles. The van der Waals surface area contributed by atoms with Crippen molar-refractivity contribution in [1.29, 1.82) is 0 Å². The summed E-state index contributed by atoms with van der Waals surface area (Å²) in [5.41, 5.74) is 3.77. The minimum Gasteiger partial charge on any atom is -0.388 e. The van der Waals surface area contributed by atoms with Crippen molar-refractivity contribution in [3.05, 3.63) is 29.3 Å². The molecule has 13 heavy (non-hydrogen) atoms. The van der Waals surface area contributed by atoms with Crippen LogP contribution < -0.4 is 5.32 Å². The normalized spacial score (nSPS) is 29.6. The average molecular weight is 175 g/mol. The lowest BCUT2D eigenvalue weighted by molar-refractivity contribution is 0.172. The van der Waals surface area contributed by atoms with E-state index in [1.54, 1.807) is 0 Å². The molecule has 2 nitrogen and oxygen atoms in total. The van der Waals surface area contributed by atoms with Gasteiger partial charge in [0.1, 0.15) is 0 Å². The van der Waals surface area contributed by atoms with E-state index in [0.717, 1.165) is 18.5 Å². The van der Waals surface area contributed by atoms with Crippen LogP contribution in [0.3, 0.4) is 0 Å². The molecule has 68 valence electrons. The number of rotatable bonds is 0. The highest BCUT2D eigenvalue weighted by molar-refractivity contribution is 5.60. The van der Waals surface area contributed by atoms with Crippen LogP contribution in [0.15, 0.2) is 18.2 Å². The summed E-state index contributed by atoms with van der Waals surface area (Å²) in [6, 6.07) is 6.19. The van der Waals surface area contributed by atoms with Crippen molar-refractivity contribution < 1.29 is 5.11 Å². The highest BCUT2D eigenvalue weighted by Gasteiger charge is 2.33. The van der Waals surface area contributed by atoms with Crippen molar-refractivity contribution in [3.63, 3.8) is 0 Å². The van der Waals surface area contributed by atoms with Crippen LogP contribution in [0, 0.1) is 0 Å². The molecule has 2 heteroatoms. The van der Waals surface area contributed by atoms with Crippen molar-refractivity contribution in [3.8, 4) is 0 Å². The first-order valence-electron chi connectivity index (χ1n) is 4.91. The second-order valence-electron chi connectivity index (χ2n) is 3.97. The van der Waals surface area contributed by atoms with Crippen molar-refractivity contribution in [1.82, 2.24) is 0 Å². The predicted octanol–water partition coefficient (Wildman–Crippen LogP) is 2.02. The van der Waals surface area contributed by atoms with Crippen LogP contribution in [0.1, 0.15) is 36.0 Å². The molecule has 2 aliphatic rings. The maximum atomic E-state index is 9.81. The Balaban J connectivity index is 2.22. The van der Waals surface area contributed by atoms with Gasteiger partial charge in [0.15, 0.2) is 0 Å². The number of hydrogen-bond acceptors (Lipinski definition) is 2. The van der Waals surface area contributed by atoms with Gasteiger partial charge in [0.05, 0.1) is 6.10 Å². The number of anilines is 1. The molecule has 1 aromatic rings. The largest absolute Gasteiger partial charge is 0.388 e. The lowest BCUT2D eigenvalue weighted by Crippen LogP contribution is -2.14. The highest BCUT2D eigenvalue weighted by atomic mass is 16.3. The van der Waals surface area contributed by atoms with Crippen molar-refractivity contribution >= 4 is 5.69 Å². The molecular formula is C11H13NO. The van der Waals surface area contributed by atoms with E-state index in [1.165, 1.54) is 17.7 Å². The smallest absolute Gasteiger partial charge is 0.0799 e. The van der Waals surface area contributed by atoms with E-state index >= 15 is 0 Å². The SMILES string of the molecule is O[C@@H]1C[C@@H]2CCNc3cccc1c32. The molecule has 0 amide bonds. The Morgan fingerprint density at radius 3 is 3.23 bits per heavy atom. The fourth-order valence-electron chi connectivity index (χ4n) is 2.64. The van der Waals surface area contributed by atoms with Crippen molar-refractivity contribution in [2.24, 2.45) is 0 Å². The van der Waals surface area contributed by atoms with E-state index in [4.69, 9.17) is 0 Å². The summed E-state index contributed by atoms with van der Waals surface area (Å²) in [5.74, 6) is 0.599. The molecule has 1 heterocycles. The van der Waals surface area contributed by atoms with Gasteiger partial charge in [-0.05, 0) is 36.0 Å². The zero-order chi connectivity index (χ0) is 8.84. The summed E-state index contributed by atoms with van der Waals surface area (Å²) in [6.07, 6.45) is 1.87. The third-order valence-electron chi connectivity index (χ3n) is 3.22. The topological polar surface area (TPSA) is 32.3 Å². The molecule has 0 saturated carbocycles. The molecule has 1 aliphatic heterocycles. The van der Waals surface area contributed by atoms with E-state index in [2.05, 4.69) is 17.4 Å². The zero-order valence-electron chi connectivity index (χ0n) is 7.46. The van der Waals surface area contributed by atoms with Crippen LogP contribution in [0.2, 0.25) is 0 Å². The van der Waals surface area contributed by atoms with Gasteiger partial charge in [-0.1, -0.05) is 12.1 Å². The Morgan fingerprint density at radius 1 is 1.38 bits per heavy atom. The molecule has 0 fully saturated rings. The van der Waals surface area contributed by atoms with Crippen LogP contribution in [0.25, 0.3) is 0 Å². The number of aliphatic hydroxyl groups excluding tert-OH is 1. The Hall–Kier alpha value is -1.02. The van der Waals surface area contributed by atoms with Crippen molar-refractivity contribution in [2.45, 2.75) is 24.9 Å². The van der Waals surface area contributed by atoms with Crippen LogP contribution in [0.4, 0.5) is 5.69 Å². The molecule has 0 spiro atoms. The van der Waals surface area contributed by atoms with Crippen LogP contribution in [0.5, 0.6) is 0 Å². The first kappa shape index (κ1) is 7.39. The van der Waals surface area contributed by atoms with Crippen LogP contribution in [-0.4, -0.2) is 11.7 Å². The molecule has 0 radical (unpaired) electrons. The third-order valence-corrected chi connectivity index (χ3v) is 3.22. The molecule has 1 aromatic carbocycles. The second kappa shape index (κ2) is 2.48. The predicted molar refractivity (Wildman–Crippen MR) is 51.9 cm³/mol. The lowest BCUT2D eigenvalue weighted by atomic mass is 9.93. The molecule has 2 atom stereocenters. The second-order valence-corrected chi connectivity index (χ2v) is 3.97. The van der Waals surface area contributed by atoms with Gasteiger partial charge in [0.25, 0.3) is 0 Å². The molecule has 0 saturated heterocycles. The summed E-state index contributed by atoms with van der Waals surface area (Å²) in [7, 11) is 0. The van der Waals surface area contributed by atoms with Gasteiger partial charge >= 0.3 is 0 Å². The Bertz CT molecular complexity index is 348. The fraction of sp³-hybridized carbons (Fsp3) is 0.455. The number of aliphatic hydroxyl groups is 1. The maximum Gasteiger partial charge on any atom is 0.0799 e. The number of hydrogen-bond donors (Lipinski definition) is 2. The highest BCUT2D eigenvalue weighted by Crippen LogP contribution is 2.47. The average Bonchev–Trinajstić information content (AvgIpc) is 2.47. The molecule has 3 rings (SSSR count). The minimum absolute atomic E-state index is 0.222. The summed E-state index contributed by atoms with van der Waals surface area (Å²) in [5, 5.41) is 13.2. The lowest BCUT2D eigenvalue weighted by Gasteiger charge is -2.22. The van der Waals surface area contributed by atoms with Gasteiger partial charge in [-0.25, -0.2) is 0 Å². The van der Waals surface area contributed by atoms with Gasteiger partial charge in [-0.2, -0.15) is 0 Å². The number of nitrogens with one attached hydrogen (secondary N) is 1. The van der Waals surface area contributed by atoms with Gasteiger partial charge in [0, 0.05) is 12.2 Å². The van der Waals surface area contributed by atoms with E-state index in [0.29, 0.717) is 5.92 Å². The first-order valence-corrected chi connectivity index (χ1v) is 4.91. The van der Waals surface area contributed by atoms with E-state index in [1.807, 2.05) is 6.07 Å².